The van der Waals surface area contributed by atoms with E-state index in [0.717, 1.165) is 6.42 Å². The molecule has 0 atom stereocenters. The molecule has 6 aromatic rings. The Morgan fingerprint density at radius 2 is 0.947 bits per heavy atom. The summed E-state index contributed by atoms with van der Waals surface area (Å²) >= 11 is 0. The molecule has 180 valence electrons. The third-order valence-corrected chi connectivity index (χ3v) is 8.89. The predicted molar refractivity (Wildman–Crippen MR) is 161 cm³/mol. The van der Waals surface area contributed by atoms with Gasteiger partial charge in [-0.3, -0.25) is 0 Å². The van der Waals surface area contributed by atoms with Gasteiger partial charge in [0.15, 0.2) is 0 Å². The lowest BCUT2D eigenvalue weighted by molar-refractivity contribution is 0.661. The molecule has 0 fully saturated rings. The van der Waals surface area contributed by atoms with Crippen molar-refractivity contribution in [3.05, 3.63) is 144 Å². The number of fused-ring (bicyclic) bond motifs is 7. The van der Waals surface area contributed by atoms with Crippen LogP contribution >= 0.6 is 0 Å². The Morgan fingerprint density at radius 1 is 0.421 bits per heavy atom. The summed E-state index contributed by atoms with van der Waals surface area (Å²) in [5, 5.41) is 2.57. The van der Waals surface area contributed by atoms with Gasteiger partial charge in [-0.25, -0.2) is 0 Å². The molecule has 8 rings (SSSR count). The van der Waals surface area contributed by atoms with E-state index < -0.39 is 0 Å². The van der Waals surface area contributed by atoms with E-state index in [1.54, 1.807) is 0 Å². The smallest absolute Gasteiger partial charge is 0.0159 e. The lowest BCUT2D eigenvalue weighted by Crippen LogP contribution is -2.15. The van der Waals surface area contributed by atoms with E-state index in [1.165, 1.54) is 77.5 Å². The molecular formula is C38H28. The molecule has 0 spiro atoms. The van der Waals surface area contributed by atoms with Crippen LogP contribution in [0.1, 0.15) is 36.1 Å². The van der Waals surface area contributed by atoms with Gasteiger partial charge in [-0.2, -0.15) is 0 Å². The topological polar surface area (TPSA) is 0 Å². The Bertz CT molecular complexity index is 1920. The molecule has 0 saturated heterocycles. The summed E-state index contributed by atoms with van der Waals surface area (Å²) in [5.74, 6) is 0. The van der Waals surface area contributed by atoms with Crippen molar-refractivity contribution in [3.8, 4) is 44.5 Å². The van der Waals surface area contributed by atoms with Crippen LogP contribution in [0.25, 0.3) is 55.3 Å². The van der Waals surface area contributed by atoms with Gasteiger partial charge in [-0.15, -0.1) is 0 Å². The van der Waals surface area contributed by atoms with Crippen molar-refractivity contribution in [1.29, 1.82) is 0 Å². The lowest BCUT2D eigenvalue weighted by atomic mass is 9.80. The van der Waals surface area contributed by atoms with Gasteiger partial charge in [0.2, 0.25) is 0 Å². The largest absolute Gasteiger partial charge is 0.0619 e. The van der Waals surface area contributed by atoms with Crippen molar-refractivity contribution >= 4 is 10.8 Å². The highest BCUT2D eigenvalue weighted by Gasteiger charge is 2.36. The third-order valence-electron chi connectivity index (χ3n) is 8.89. The zero-order valence-corrected chi connectivity index (χ0v) is 21.8. The van der Waals surface area contributed by atoms with Crippen LogP contribution in [0.15, 0.2) is 121 Å². The standard InChI is InChI=1S/C38H28/c1-38(2)36-22-28(26-12-11-24-7-3-4-8-25(24)19-26)14-17-34(36)35-18-15-29(23-37(35)38)27-13-16-33-31(20-27)21-30-9-5-6-10-32(30)33/h3-20,22-23H,21H2,1-2H3. The van der Waals surface area contributed by atoms with Gasteiger partial charge in [-0.1, -0.05) is 117 Å². The fourth-order valence-corrected chi connectivity index (χ4v) is 6.79. The highest BCUT2D eigenvalue weighted by atomic mass is 14.4. The van der Waals surface area contributed by atoms with E-state index in [1.807, 2.05) is 0 Å². The van der Waals surface area contributed by atoms with Crippen molar-refractivity contribution in [2.75, 3.05) is 0 Å². The highest BCUT2D eigenvalue weighted by Crippen LogP contribution is 2.51. The first kappa shape index (κ1) is 21.6. The maximum absolute atomic E-state index is 2.44. The van der Waals surface area contributed by atoms with Crippen LogP contribution in [0.4, 0.5) is 0 Å². The van der Waals surface area contributed by atoms with Crippen LogP contribution < -0.4 is 0 Å². The average Bonchev–Trinajstić information content (AvgIpc) is 3.44. The molecule has 0 radical (unpaired) electrons. The monoisotopic (exact) mass is 484 g/mol. The van der Waals surface area contributed by atoms with Gasteiger partial charge in [-0.05, 0) is 102 Å². The number of benzene rings is 6. The Hall–Kier alpha value is -4.42. The first-order chi connectivity index (χ1) is 18.6. The Labute approximate surface area is 224 Å². The van der Waals surface area contributed by atoms with E-state index in [2.05, 4.69) is 135 Å². The molecule has 38 heavy (non-hydrogen) atoms. The molecular weight excluding hydrogens is 456 g/mol. The first-order valence-corrected chi connectivity index (χ1v) is 13.6. The van der Waals surface area contributed by atoms with Crippen LogP contribution in [-0.4, -0.2) is 0 Å². The minimum atomic E-state index is -0.0551. The van der Waals surface area contributed by atoms with Gasteiger partial charge in [0.05, 0.1) is 0 Å². The number of hydrogen-bond donors (Lipinski definition) is 0. The second kappa shape index (κ2) is 7.79. The second-order valence-corrected chi connectivity index (χ2v) is 11.4. The quantitative estimate of drug-likeness (QED) is 0.229. The van der Waals surface area contributed by atoms with Gasteiger partial charge in [0, 0.05) is 5.41 Å². The third kappa shape index (κ3) is 3.10. The van der Waals surface area contributed by atoms with Crippen molar-refractivity contribution in [3.63, 3.8) is 0 Å². The second-order valence-electron chi connectivity index (χ2n) is 11.4. The molecule has 0 nitrogen and oxygen atoms in total. The van der Waals surface area contributed by atoms with Crippen molar-refractivity contribution in [2.24, 2.45) is 0 Å². The van der Waals surface area contributed by atoms with E-state index >= 15 is 0 Å². The van der Waals surface area contributed by atoms with E-state index in [9.17, 15) is 0 Å². The lowest BCUT2D eigenvalue weighted by Gasteiger charge is -2.23. The number of hydrogen-bond acceptors (Lipinski definition) is 0. The average molecular weight is 485 g/mol. The maximum Gasteiger partial charge on any atom is 0.0159 e. The van der Waals surface area contributed by atoms with Crippen LogP contribution in [0, 0.1) is 0 Å². The molecule has 0 heterocycles. The van der Waals surface area contributed by atoms with Crippen LogP contribution in [-0.2, 0) is 11.8 Å². The Morgan fingerprint density at radius 3 is 1.68 bits per heavy atom. The van der Waals surface area contributed by atoms with E-state index in [4.69, 9.17) is 0 Å². The Balaban J connectivity index is 1.19. The van der Waals surface area contributed by atoms with E-state index in [0.29, 0.717) is 0 Å². The SMILES string of the molecule is CC1(C)c2cc(-c3ccc4c(c3)Cc3ccccc3-4)ccc2-c2ccc(-c3ccc4ccccc4c3)cc21. The zero-order chi connectivity index (χ0) is 25.4. The molecule has 0 heteroatoms. The highest BCUT2D eigenvalue weighted by molar-refractivity contribution is 5.90. The van der Waals surface area contributed by atoms with Crippen LogP contribution in [0.3, 0.4) is 0 Å². The minimum absolute atomic E-state index is 0.0551. The molecule has 0 unspecified atom stereocenters. The number of rotatable bonds is 2. The molecule has 0 saturated carbocycles. The fourth-order valence-electron chi connectivity index (χ4n) is 6.79. The molecule has 0 bridgehead atoms. The van der Waals surface area contributed by atoms with Gasteiger partial charge in [0.25, 0.3) is 0 Å². The zero-order valence-electron chi connectivity index (χ0n) is 21.8. The summed E-state index contributed by atoms with van der Waals surface area (Å²) in [5.41, 5.74) is 16.3. The normalized spacial score (nSPS) is 14.2. The Kier molecular flexibility index (Phi) is 4.44. The van der Waals surface area contributed by atoms with E-state index in [-0.39, 0.29) is 5.41 Å². The maximum atomic E-state index is 2.44. The summed E-state index contributed by atoms with van der Waals surface area (Å²) in [6.07, 6.45) is 1.03. The van der Waals surface area contributed by atoms with Crippen LogP contribution in [0.5, 0.6) is 0 Å². The van der Waals surface area contributed by atoms with Crippen molar-refractivity contribution in [2.45, 2.75) is 25.7 Å². The van der Waals surface area contributed by atoms with Crippen LogP contribution in [0.2, 0.25) is 0 Å². The summed E-state index contributed by atoms with van der Waals surface area (Å²) in [6, 6.07) is 45.4. The molecule has 2 aliphatic carbocycles. The summed E-state index contributed by atoms with van der Waals surface area (Å²) in [7, 11) is 0. The summed E-state index contributed by atoms with van der Waals surface area (Å²) in [4.78, 5) is 0. The van der Waals surface area contributed by atoms with Gasteiger partial charge < -0.3 is 0 Å². The van der Waals surface area contributed by atoms with Crippen molar-refractivity contribution in [1.82, 2.24) is 0 Å². The molecule has 2 aliphatic rings. The summed E-state index contributed by atoms with van der Waals surface area (Å²) in [6.45, 7) is 4.76. The predicted octanol–water partition coefficient (Wildman–Crippen LogP) is 10.1. The molecule has 0 amide bonds. The molecule has 0 N–H and O–H groups in total. The van der Waals surface area contributed by atoms with Gasteiger partial charge in [0.1, 0.15) is 0 Å². The molecule has 6 aromatic carbocycles. The fraction of sp³-hybridized carbons (Fsp3) is 0.105. The minimum Gasteiger partial charge on any atom is -0.0619 e. The molecule has 0 aliphatic heterocycles. The summed E-state index contributed by atoms with van der Waals surface area (Å²) < 4.78 is 0. The molecule has 0 aromatic heterocycles. The van der Waals surface area contributed by atoms with Gasteiger partial charge >= 0.3 is 0 Å². The van der Waals surface area contributed by atoms with Crippen molar-refractivity contribution < 1.29 is 0 Å². The first-order valence-electron chi connectivity index (χ1n) is 13.6.